The highest BCUT2D eigenvalue weighted by molar-refractivity contribution is 5.54. The average molecular weight is 527 g/mol. The molecule has 3 aromatic rings. The van der Waals surface area contributed by atoms with Gasteiger partial charge in [0.05, 0.1) is 24.1 Å². The Labute approximate surface area is 219 Å². The van der Waals surface area contributed by atoms with Gasteiger partial charge in [0.1, 0.15) is 17.5 Å². The van der Waals surface area contributed by atoms with Crippen LogP contribution in [0.2, 0.25) is 0 Å². The van der Waals surface area contributed by atoms with Crippen LogP contribution in [0.1, 0.15) is 18.2 Å². The number of halogens is 2. The van der Waals surface area contributed by atoms with Crippen molar-refractivity contribution in [2.45, 2.75) is 32.1 Å². The van der Waals surface area contributed by atoms with E-state index < -0.39 is 23.8 Å². The van der Waals surface area contributed by atoms with Crippen LogP contribution in [0, 0.1) is 18.6 Å². The number of β-amino-alcohol motifs (C(OH)–C–C–N with tert-alkyl or cyclic N) is 2. The standard InChI is InChI=1S/C26H32F2N8O2/c1-16-13-34(21-9-19(27)8-20(28)10-21)7-6-33(16)5-3-4-18-12-30-36(17(18)2)25-11-24(31-26(29)32-25)35-14-22(37)23(38)15-35/h3-4,8-12,16,22-23,37-38H,5-7,13-15H2,1-2H3,(H2,29,31,32)/b4-3+/t16-,22+,23+/m1/s1. The predicted octanol–water partition coefficient (Wildman–Crippen LogP) is 1.60. The van der Waals surface area contributed by atoms with E-state index in [1.807, 2.05) is 17.9 Å². The number of rotatable bonds is 6. The minimum Gasteiger partial charge on any atom is -0.389 e. The lowest BCUT2D eigenvalue weighted by atomic mass is 10.1. The van der Waals surface area contributed by atoms with E-state index >= 15 is 0 Å². The van der Waals surface area contributed by atoms with Crippen LogP contribution in [0.4, 0.5) is 26.2 Å². The van der Waals surface area contributed by atoms with Crippen LogP contribution in [-0.4, -0.2) is 92.4 Å². The zero-order valence-electron chi connectivity index (χ0n) is 21.4. The summed E-state index contributed by atoms with van der Waals surface area (Å²) >= 11 is 0. The third-order valence-corrected chi connectivity index (χ3v) is 7.18. The first-order chi connectivity index (χ1) is 18.2. The highest BCUT2D eigenvalue weighted by Crippen LogP contribution is 2.24. The second-order valence-corrected chi connectivity index (χ2v) is 9.90. The summed E-state index contributed by atoms with van der Waals surface area (Å²) in [5.74, 6) is -0.0374. The molecule has 10 nitrogen and oxygen atoms in total. The Hall–Kier alpha value is -3.61. The highest BCUT2D eigenvalue weighted by Gasteiger charge is 2.31. The topological polar surface area (TPSA) is 120 Å². The molecule has 2 aliphatic heterocycles. The van der Waals surface area contributed by atoms with E-state index in [-0.39, 0.29) is 25.1 Å². The van der Waals surface area contributed by atoms with Gasteiger partial charge in [0.25, 0.3) is 0 Å². The van der Waals surface area contributed by atoms with Gasteiger partial charge < -0.3 is 25.7 Å². The first-order valence-corrected chi connectivity index (χ1v) is 12.6. The van der Waals surface area contributed by atoms with Crippen LogP contribution < -0.4 is 15.5 Å². The smallest absolute Gasteiger partial charge is 0.224 e. The third kappa shape index (κ3) is 5.47. The van der Waals surface area contributed by atoms with Gasteiger partial charge in [-0.1, -0.05) is 12.2 Å². The quantitative estimate of drug-likeness (QED) is 0.440. The van der Waals surface area contributed by atoms with E-state index in [0.29, 0.717) is 30.4 Å². The Morgan fingerprint density at radius 1 is 0.974 bits per heavy atom. The minimum absolute atomic E-state index is 0.0782. The fourth-order valence-corrected chi connectivity index (χ4v) is 5.02. The van der Waals surface area contributed by atoms with E-state index in [9.17, 15) is 19.0 Å². The largest absolute Gasteiger partial charge is 0.389 e. The van der Waals surface area contributed by atoms with Gasteiger partial charge in [-0.25, -0.2) is 13.5 Å². The fourth-order valence-electron chi connectivity index (χ4n) is 5.02. The summed E-state index contributed by atoms with van der Waals surface area (Å²) in [6, 6.07) is 5.57. The van der Waals surface area contributed by atoms with Crippen LogP contribution in [0.15, 0.2) is 36.5 Å². The molecule has 2 fully saturated rings. The molecule has 0 spiro atoms. The Bertz CT molecular complexity index is 1300. The number of benzene rings is 1. The number of nitrogens with zero attached hydrogens (tertiary/aromatic N) is 7. The predicted molar refractivity (Wildman–Crippen MR) is 141 cm³/mol. The van der Waals surface area contributed by atoms with Crippen LogP contribution in [0.25, 0.3) is 11.9 Å². The van der Waals surface area contributed by atoms with Crippen molar-refractivity contribution < 1.29 is 19.0 Å². The molecule has 0 amide bonds. The van der Waals surface area contributed by atoms with Gasteiger partial charge in [-0.3, -0.25) is 4.90 Å². The lowest BCUT2D eigenvalue weighted by Crippen LogP contribution is -2.51. The zero-order valence-corrected chi connectivity index (χ0v) is 21.4. The molecule has 202 valence electrons. The molecule has 12 heteroatoms. The molecular weight excluding hydrogens is 494 g/mol. The molecule has 4 N–H and O–H groups in total. The van der Waals surface area contributed by atoms with Crippen molar-refractivity contribution in [3.8, 4) is 5.82 Å². The molecular formula is C26H32F2N8O2. The Morgan fingerprint density at radius 3 is 2.34 bits per heavy atom. The minimum atomic E-state index is -0.840. The lowest BCUT2D eigenvalue weighted by Gasteiger charge is -2.40. The fraction of sp³-hybridized carbons (Fsp3) is 0.423. The third-order valence-electron chi connectivity index (χ3n) is 7.18. The van der Waals surface area contributed by atoms with Crippen molar-refractivity contribution >= 4 is 23.5 Å². The Balaban J connectivity index is 1.24. The molecule has 5 rings (SSSR count). The van der Waals surface area contributed by atoms with Crippen molar-refractivity contribution in [3.63, 3.8) is 0 Å². The lowest BCUT2D eigenvalue weighted by molar-refractivity contribution is 0.0572. The number of hydrogen-bond donors (Lipinski definition) is 3. The van der Waals surface area contributed by atoms with E-state index in [4.69, 9.17) is 5.73 Å². The number of aliphatic hydroxyl groups is 2. The summed E-state index contributed by atoms with van der Waals surface area (Å²) in [7, 11) is 0. The number of aromatic nitrogens is 4. The van der Waals surface area contributed by atoms with Crippen molar-refractivity contribution in [3.05, 3.63) is 59.4 Å². The number of hydrogen-bond acceptors (Lipinski definition) is 9. The number of nitrogens with two attached hydrogens (primary N) is 1. The first kappa shape index (κ1) is 26.0. The van der Waals surface area contributed by atoms with Crippen LogP contribution in [0.5, 0.6) is 0 Å². The maximum absolute atomic E-state index is 13.6. The first-order valence-electron chi connectivity index (χ1n) is 12.6. The summed E-state index contributed by atoms with van der Waals surface area (Å²) in [4.78, 5) is 14.7. The van der Waals surface area contributed by atoms with E-state index in [1.54, 1.807) is 21.8 Å². The van der Waals surface area contributed by atoms with Gasteiger partial charge in [-0.2, -0.15) is 15.1 Å². The summed E-state index contributed by atoms with van der Waals surface area (Å²) in [5, 5.41) is 24.3. The molecule has 0 saturated carbocycles. The van der Waals surface area contributed by atoms with Gasteiger partial charge in [-0.15, -0.1) is 0 Å². The Morgan fingerprint density at radius 2 is 1.66 bits per heavy atom. The van der Waals surface area contributed by atoms with Gasteiger partial charge in [0, 0.05) is 68.7 Å². The van der Waals surface area contributed by atoms with E-state index in [2.05, 4.69) is 33.0 Å². The molecule has 0 unspecified atom stereocenters. The van der Waals surface area contributed by atoms with Crippen LogP contribution in [-0.2, 0) is 0 Å². The molecule has 2 aliphatic rings. The summed E-state index contributed by atoms with van der Waals surface area (Å²) < 4.78 is 29.0. The zero-order chi connectivity index (χ0) is 27.0. The van der Waals surface area contributed by atoms with E-state index in [0.717, 1.165) is 30.4 Å². The summed E-state index contributed by atoms with van der Waals surface area (Å²) in [5.41, 5.74) is 8.32. The highest BCUT2D eigenvalue weighted by atomic mass is 19.1. The molecule has 3 atom stereocenters. The number of nitrogen functional groups attached to an aromatic ring is 1. The van der Waals surface area contributed by atoms with E-state index in [1.165, 1.54) is 12.1 Å². The van der Waals surface area contributed by atoms with Crippen molar-refractivity contribution in [1.82, 2.24) is 24.6 Å². The second-order valence-electron chi connectivity index (χ2n) is 9.90. The summed E-state index contributed by atoms with van der Waals surface area (Å²) in [6.45, 7) is 7.41. The molecule has 4 heterocycles. The number of anilines is 3. The SMILES string of the molecule is Cc1c(/C=C/CN2CCN(c3cc(F)cc(F)c3)C[C@H]2C)cnn1-c1cc(N2C[C@H](O)[C@@H](O)C2)nc(N)n1. The molecule has 1 aromatic carbocycles. The maximum atomic E-state index is 13.6. The van der Waals surface area contributed by atoms with Gasteiger partial charge in [0.15, 0.2) is 5.82 Å². The second kappa shape index (κ2) is 10.6. The van der Waals surface area contributed by atoms with Crippen LogP contribution in [0.3, 0.4) is 0 Å². The number of piperazine rings is 1. The monoisotopic (exact) mass is 526 g/mol. The molecule has 38 heavy (non-hydrogen) atoms. The van der Waals surface area contributed by atoms with Gasteiger partial charge in [0.2, 0.25) is 5.95 Å². The number of aliphatic hydroxyl groups excluding tert-OH is 2. The molecule has 0 aliphatic carbocycles. The van der Waals surface area contributed by atoms with Crippen LogP contribution >= 0.6 is 0 Å². The average Bonchev–Trinajstić information content (AvgIpc) is 3.40. The normalized spacial score (nSPS) is 22.6. The molecule has 2 aromatic heterocycles. The molecule has 0 bridgehead atoms. The van der Waals surface area contributed by atoms with Gasteiger partial charge >= 0.3 is 0 Å². The van der Waals surface area contributed by atoms with Gasteiger partial charge in [-0.05, 0) is 26.0 Å². The van der Waals surface area contributed by atoms with Crippen molar-refractivity contribution in [2.24, 2.45) is 0 Å². The summed E-state index contributed by atoms with van der Waals surface area (Å²) in [6.07, 6.45) is 4.17. The molecule has 0 radical (unpaired) electrons. The van der Waals surface area contributed by atoms with Crippen molar-refractivity contribution in [2.75, 3.05) is 54.8 Å². The Kier molecular flexibility index (Phi) is 7.28. The van der Waals surface area contributed by atoms with Crippen molar-refractivity contribution in [1.29, 1.82) is 0 Å². The molecule has 2 saturated heterocycles. The maximum Gasteiger partial charge on any atom is 0.224 e.